The molecular formula is C13H9ClN2O3S. The van der Waals surface area contributed by atoms with Crippen LogP contribution in [0, 0.1) is 0 Å². The number of halogens is 1. The Morgan fingerprint density at radius 2 is 1.95 bits per heavy atom. The molecule has 0 amide bonds. The average Bonchev–Trinajstić information content (AvgIpc) is 2.86. The van der Waals surface area contributed by atoms with Gasteiger partial charge in [-0.25, -0.2) is 18.5 Å². The normalized spacial score (nSPS) is 11.9. The topological polar surface area (TPSA) is 86.2 Å². The lowest BCUT2D eigenvalue weighted by atomic mass is 10.0. The summed E-state index contributed by atoms with van der Waals surface area (Å²) in [5, 5.41) is 5.55. The van der Waals surface area contributed by atoms with E-state index in [0.717, 1.165) is 0 Å². The van der Waals surface area contributed by atoms with E-state index in [2.05, 4.69) is 4.98 Å². The zero-order valence-electron chi connectivity index (χ0n) is 10.1. The van der Waals surface area contributed by atoms with Crippen LogP contribution in [0.4, 0.5) is 0 Å². The smallest absolute Gasteiger partial charge is 0.238 e. The molecule has 20 heavy (non-hydrogen) atoms. The Bertz CT molecular complexity index is 903. The molecule has 5 nitrogen and oxygen atoms in total. The Hall–Kier alpha value is -1.89. The first kappa shape index (κ1) is 13.1. The maximum Gasteiger partial charge on any atom is 0.238 e. The van der Waals surface area contributed by atoms with Crippen LogP contribution in [0.1, 0.15) is 0 Å². The van der Waals surface area contributed by atoms with E-state index in [4.69, 9.17) is 21.2 Å². The molecule has 0 unspecified atom stereocenters. The second kappa shape index (κ2) is 4.59. The molecule has 0 aliphatic heterocycles. The van der Waals surface area contributed by atoms with Crippen molar-refractivity contribution < 1.29 is 12.8 Å². The first-order valence-corrected chi connectivity index (χ1v) is 7.54. The minimum atomic E-state index is -3.79. The molecule has 0 fully saturated rings. The minimum absolute atomic E-state index is 0.00241. The van der Waals surface area contributed by atoms with Gasteiger partial charge in [0.05, 0.1) is 4.90 Å². The number of fused-ring (bicyclic) bond motifs is 1. The summed E-state index contributed by atoms with van der Waals surface area (Å²) >= 11 is 6.15. The Balaban J connectivity index is 2.31. The second-order valence-corrected chi connectivity index (χ2v) is 6.16. The summed E-state index contributed by atoms with van der Waals surface area (Å²) in [4.78, 5) is 4.12. The Labute approximate surface area is 120 Å². The molecule has 7 heteroatoms. The molecule has 0 saturated carbocycles. The fraction of sp³-hybridized carbons (Fsp3) is 0. The van der Waals surface area contributed by atoms with E-state index in [1.165, 1.54) is 24.6 Å². The summed E-state index contributed by atoms with van der Waals surface area (Å²) in [7, 11) is -3.79. The number of hydrogen-bond donors (Lipinski definition) is 1. The molecule has 0 radical (unpaired) electrons. The highest BCUT2D eigenvalue weighted by Gasteiger charge is 2.15. The predicted molar refractivity (Wildman–Crippen MR) is 75.8 cm³/mol. The van der Waals surface area contributed by atoms with Crippen LogP contribution in [-0.2, 0) is 10.0 Å². The summed E-state index contributed by atoms with van der Waals surface area (Å²) in [5.74, 6) is 0. The van der Waals surface area contributed by atoms with Gasteiger partial charge in [-0.05, 0) is 24.3 Å². The number of nitrogens with two attached hydrogens (primary N) is 1. The fourth-order valence-electron chi connectivity index (χ4n) is 1.99. The monoisotopic (exact) mass is 308 g/mol. The van der Waals surface area contributed by atoms with Gasteiger partial charge < -0.3 is 4.42 Å². The molecule has 0 bridgehead atoms. The summed E-state index contributed by atoms with van der Waals surface area (Å²) < 4.78 is 28.1. The molecule has 2 N–H and O–H groups in total. The van der Waals surface area contributed by atoms with E-state index in [0.29, 0.717) is 27.2 Å². The van der Waals surface area contributed by atoms with Gasteiger partial charge in [-0.3, -0.25) is 0 Å². The summed E-state index contributed by atoms with van der Waals surface area (Å²) in [6.07, 6.45) is 1.32. The summed E-state index contributed by atoms with van der Waals surface area (Å²) in [6, 6.07) is 9.63. The Morgan fingerprint density at radius 3 is 2.70 bits per heavy atom. The number of rotatable bonds is 2. The third-order valence-corrected chi connectivity index (χ3v) is 4.16. The highest BCUT2D eigenvalue weighted by Crippen LogP contribution is 2.34. The highest BCUT2D eigenvalue weighted by molar-refractivity contribution is 7.89. The van der Waals surface area contributed by atoms with Crippen molar-refractivity contribution in [3.8, 4) is 11.1 Å². The Kier molecular flexibility index (Phi) is 3.01. The highest BCUT2D eigenvalue weighted by atomic mass is 35.5. The van der Waals surface area contributed by atoms with Gasteiger partial charge in [0.15, 0.2) is 12.0 Å². The van der Waals surface area contributed by atoms with Gasteiger partial charge in [0.25, 0.3) is 0 Å². The number of aromatic nitrogens is 1. The van der Waals surface area contributed by atoms with E-state index in [1.54, 1.807) is 18.2 Å². The second-order valence-electron chi connectivity index (χ2n) is 4.19. The number of para-hydroxylation sites is 1. The standard InChI is InChI=1S/C13H9ClN2O3S/c14-11-5-4-8(20(15,17)18)6-10(11)9-2-1-3-12-13(9)16-7-19-12/h1-7H,(H2,15,17,18). The van der Waals surface area contributed by atoms with Crippen molar-refractivity contribution in [2.45, 2.75) is 4.90 Å². The predicted octanol–water partition coefficient (Wildman–Crippen LogP) is 2.80. The molecule has 0 aliphatic rings. The van der Waals surface area contributed by atoms with Gasteiger partial charge in [-0.2, -0.15) is 0 Å². The van der Waals surface area contributed by atoms with Crippen LogP contribution in [0.2, 0.25) is 5.02 Å². The first-order chi connectivity index (χ1) is 9.47. The number of hydrogen-bond acceptors (Lipinski definition) is 4. The Morgan fingerprint density at radius 1 is 1.15 bits per heavy atom. The van der Waals surface area contributed by atoms with Gasteiger partial charge in [0, 0.05) is 16.1 Å². The van der Waals surface area contributed by atoms with Crippen LogP contribution < -0.4 is 5.14 Å². The summed E-state index contributed by atoms with van der Waals surface area (Å²) in [6.45, 7) is 0. The third kappa shape index (κ3) is 2.18. The zero-order valence-corrected chi connectivity index (χ0v) is 11.6. The minimum Gasteiger partial charge on any atom is -0.443 e. The maximum atomic E-state index is 11.4. The first-order valence-electron chi connectivity index (χ1n) is 5.62. The molecule has 102 valence electrons. The van der Waals surface area contributed by atoms with Gasteiger partial charge in [0.1, 0.15) is 5.52 Å². The lowest BCUT2D eigenvalue weighted by Crippen LogP contribution is -2.12. The maximum absolute atomic E-state index is 11.4. The van der Waals surface area contributed by atoms with Crippen LogP contribution in [0.25, 0.3) is 22.2 Å². The molecule has 0 aliphatic carbocycles. The van der Waals surface area contributed by atoms with Crippen molar-refractivity contribution in [3.63, 3.8) is 0 Å². The number of sulfonamides is 1. The van der Waals surface area contributed by atoms with Crippen LogP contribution in [0.5, 0.6) is 0 Å². The van der Waals surface area contributed by atoms with Gasteiger partial charge in [-0.1, -0.05) is 23.7 Å². The largest absolute Gasteiger partial charge is 0.443 e. The van der Waals surface area contributed by atoms with Crippen LogP contribution in [0.3, 0.4) is 0 Å². The van der Waals surface area contributed by atoms with E-state index in [-0.39, 0.29) is 4.90 Å². The average molecular weight is 309 g/mol. The molecule has 1 aromatic heterocycles. The van der Waals surface area contributed by atoms with Crippen molar-refractivity contribution in [3.05, 3.63) is 47.8 Å². The van der Waals surface area contributed by atoms with Gasteiger partial charge in [0.2, 0.25) is 10.0 Å². The van der Waals surface area contributed by atoms with E-state index in [9.17, 15) is 8.42 Å². The number of nitrogens with zero attached hydrogens (tertiary/aromatic N) is 1. The van der Waals surface area contributed by atoms with Crippen molar-refractivity contribution in [1.29, 1.82) is 0 Å². The molecule has 2 aromatic carbocycles. The third-order valence-electron chi connectivity index (χ3n) is 2.92. The fourth-order valence-corrected chi connectivity index (χ4v) is 2.75. The van der Waals surface area contributed by atoms with Crippen LogP contribution in [0.15, 0.2) is 52.1 Å². The molecule has 0 saturated heterocycles. The van der Waals surface area contributed by atoms with Crippen LogP contribution in [-0.4, -0.2) is 13.4 Å². The molecule has 0 atom stereocenters. The van der Waals surface area contributed by atoms with Crippen molar-refractivity contribution in [2.24, 2.45) is 5.14 Å². The number of oxazole rings is 1. The molecule has 1 heterocycles. The lowest BCUT2D eigenvalue weighted by Gasteiger charge is -2.07. The SMILES string of the molecule is NS(=O)(=O)c1ccc(Cl)c(-c2cccc3ocnc23)c1. The molecule has 0 spiro atoms. The summed E-state index contributed by atoms with van der Waals surface area (Å²) in [5.41, 5.74) is 2.44. The van der Waals surface area contributed by atoms with E-state index in [1.807, 2.05) is 0 Å². The molecule has 3 aromatic rings. The van der Waals surface area contributed by atoms with Crippen molar-refractivity contribution in [1.82, 2.24) is 4.98 Å². The van der Waals surface area contributed by atoms with Gasteiger partial charge in [-0.15, -0.1) is 0 Å². The molecule has 3 rings (SSSR count). The number of benzene rings is 2. The van der Waals surface area contributed by atoms with Crippen LogP contribution >= 0.6 is 11.6 Å². The van der Waals surface area contributed by atoms with E-state index >= 15 is 0 Å². The van der Waals surface area contributed by atoms with Crippen molar-refractivity contribution >= 4 is 32.7 Å². The van der Waals surface area contributed by atoms with Gasteiger partial charge >= 0.3 is 0 Å². The number of primary sulfonamides is 1. The quantitative estimate of drug-likeness (QED) is 0.788. The van der Waals surface area contributed by atoms with Crippen molar-refractivity contribution in [2.75, 3.05) is 0 Å². The zero-order chi connectivity index (χ0) is 14.3. The lowest BCUT2D eigenvalue weighted by molar-refractivity contribution is 0.597. The van der Waals surface area contributed by atoms with E-state index < -0.39 is 10.0 Å². The molecular weight excluding hydrogens is 300 g/mol.